The molecule has 2 saturated heterocycles. The minimum Gasteiger partial charge on any atom is -0.388 e. The summed E-state index contributed by atoms with van der Waals surface area (Å²) >= 11 is 0. The molecule has 2 aliphatic heterocycles. The Hall–Kier alpha value is -0.690. The van der Waals surface area contributed by atoms with Crippen molar-refractivity contribution < 1.29 is 19.4 Å². The van der Waals surface area contributed by atoms with Gasteiger partial charge in [0.05, 0.1) is 11.2 Å². The van der Waals surface area contributed by atoms with Gasteiger partial charge in [-0.15, -0.1) is 0 Å². The zero-order chi connectivity index (χ0) is 13.9. The highest BCUT2D eigenvalue weighted by atomic mass is 16.5. The molecule has 0 saturated carbocycles. The number of carbonyl (C=O) groups is 1. The molecule has 110 valence electrons. The molecule has 0 bridgehead atoms. The van der Waals surface area contributed by atoms with E-state index in [4.69, 9.17) is 9.47 Å². The van der Waals surface area contributed by atoms with E-state index in [2.05, 4.69) is 5.32 Å². The maximum absolute atomic E-state index is 12.0. The summed E-state index contributed by atoms with van der Waals surface area (Å²) in [6, 6.07) is 0. The summed E-state index contributed by atoms with van der Waals surface area (Å²) < 4.78 is 10.8. The molecule has 2 N–H and O–H groups in total. The number of carbonyl (C=O) groups excluding carboxylic acids is 1. The van der Waals surface area contributed by atoms with E-state index in [0.717, 1.165) is 13.1 Å². The molecule has 2 heterocycles. The van der Waals surface area contributed by atoms with Gasteiger partial charge in [-0.1, -0.05) is 0 Å². The molecule has 0 radical (unpaired) electrons. The molecule has 0 aromatic carbocycles. The van der Waals surface area contributed by atoms with Gasteiger partial charge in [-0.05, 0) is 6.92 Å². The summed E-state index contributed by atoms with van der Waals surface area (Å²) in [6.45, 7) is 5.08. The summed E-state index contributed by atoms with van der Waals surface area (Å²) in [5.74, 6) is -0.0898. The number of nitrogens with zero attached hydrogens (tertiary/aromatic N) is 1. The maximum atomic E-state index is 12.0. The normalized spacial score (nSPS) is 24.6. The number of amides is 1. The van der Waals surface area contributed by atoms with Crippen LogP contribution in [0.3, 0.4) is 0 Å². The highest BCUT2D eigenvalue weighted by Gasteiger charge is 2.35. The Morgan fingerprint density at radius 3 is 2.58 bits per heavy atom. The van der Waals surface area contributed by atoms with Crippen molar-refractivity contribution in [3.8, 4) is 0 Å². The molecule has 0 aromatic heterocycles. The van der Waals surface area contributed by atoms with Gasteiger partial charge in [0.2, 0.25) is 5.91 Å². The Bertz CT molecular complexity index is 325. The molecule has 0 aliphatic carbocycles. The summed E-state index contributed by atoms with van der Waals surface area (Å²) in [6.07, 6.45) is 1.15. The maximum Gasteiger partial charge on any atom is 0.248 e. The van der Waals surface area contributed by atoms with Crippen LogP contribution in [0, 0.1) is 0 Å². The van der Waals surface area contributed by atoms with Gasteiger partial charge in [-0.3, -0.25) is 4.79 Å². The van der Waals surface area contributed by atoms with Crippen molar-refractivity contribution in [3.05, 3.63) is 0 Å². The predicted molar refractivity (Wildman–Crippen MR) is 69.9 cm³/mol. The predicted octanol–water partition coefficient (Wildman–Crippen LogP) is -0.635. The van der Waals surface area contributed by atoms with E-state index in [1.165, 1.54) is 0 Å². The first kappa shape index (κ1) is 14.7. The van der Waals surface area contributed by atoms with Crippen LogP contribution in [0.1, 0.15) is 19.8 Å². The highest BCUT2D eigenvalue weighted by Crippen LogP contribution is 2.21. The largest absolute Gasteiger partial charge is 0.388 e. The van der Waals surface area contributed by atoms with E-state index in [0.29, 0.717) is 32.6 Å². The SMILES string of the molecule is CN(CC1(O)CCOCC1)C(=O)COC1(C)CNC1. The van der Waals surface area contributed by atoms with Gasteiger partial charge in [0.1, 0.15) is 6.61 Å². The van der Waals surface area contributed by atoms with Gasteiger partial charge in [0.25, 0.3) is 0 Å². The second kappa shape index (κ2) is 5.75. The summed E-state index contributed by atoms with van der Waals surface area (Å²) in [5, 5.41) is 13.5. The number of aliphatic hydroxyl groups is 1. The number of hydrogen-bond acceptors (Lipinski definition) is 5. The topological polar surface area (TPSA) is 71.0 Å². The average Bonchev–Trinajstić information content (AvgIpc) is 2.34. The monoisotopic (exact) mass is 272 g/mol. The number of nitrogens with one attached hydrogen (secondary N) is 1. The van der Waals surface area contributed by atoms with Gasteiger partial charge in [0.15, 0.2) is 0 Å². The zero-order valence-corrected chi connectivity index (χ0v) is 11.8. The molecule has 19 heavy (non-hydrogen) atoms. The second-order valence-electron chi connectivity index (χ2n) is 5.93. The Labute approximate surface area is 114 Å². The molecule has 0 unspecified atom stereocenters. The Morgan fingerprint density at radius 2 is 2.05 bits per heavy atom. The zero-order valence-electron chi connectivity index (χ0n) is 11.8. The standard InChI is InChI=1S/C13H24N2O4/c1-12(8-14-9-12)19-7-11(16)15(2)10-13(17)3-5-18-6-4-13/h14,17H,3-10H2,1-2H3. The van der Waals surface area contributed by atoms with Gasteiger partial charge < -0.3 is 24.8 Å². The first-order chi connectivity index (χ1) is 8.93. The number of rotatable bonds is 5. The summed E-state index contributed by atoms with van der Waals surface area (Å²) in [4.78, 5) is 13.5. The summed E-state index contributed by atoms with van der Waals surface area (Å²) in [5.41, 5.74) is -1.03. The van der Waals surface area contributed by atoms with Crippen LogP contribution in [0.4, 0.5) is 0 Å². The second-order valence-corrected chi connectivity index (χ2v) is 5.93. The molecule has 2 fully saturated rings. The average molecular weight is 272 g/mol. The lowest BCUT2D eigenvalue weighted by atomic mass is 9.94. The van der Waals surface area contributed by atoms with Crippen LogP contribution in [-0.2, 0) is 14.3 Å². The van der Waals surface area contributed by atoms with Gasteiger partial charge >= 0.3 is 0 Å². The van der Waals surface area contributed by atoms with E-state index in [9.17, 15) is 9.90 Å². The van der Waals surface area contributed by atoms with E-state index in [1.54, 1.807) is 11.9 Å². The van der Waals surface area contributed by atoms with Crippen LogP contribution in [0.5, 0.6) is 0 Å². The molecule has 0 spiro atoms. The van der Waals surface area contributed by atoms with Crippen LogP contribution in [0.2, 0.25) is 0 Å². The molecular formula is C13H24N2O4. The van der Waals surface area contributed by atoms with Crippen LogP contribution in [0.25, 0.3) is 0 Å². The molecule has 6 heteroatoms. The Kier molecular flexibility index (Phi) is 4.45. The van der Waals surface area contributed by atoms with Crippen molar-refractivity contribution in [1.29, 1.82) is 0 Å². The van der Waals surface area contributed by atoms with Gasteiger partial charge in [-0.2, -0.15) is 0 Å². The minimum absolute atomic E-state index is 0.0707. The van der Waals surface area contributed by atoms with Crippen molar-refractivity contribution in [1.82, 2.24) is 10.2 Å². The van der Waals surface area contributed by atoms with Crippen molar-refractivity contribution >= 4 is 5.91 Å². The number of likely N-dealkylation sites (N-methyl/N-ethyl adjacent to an activating group) is 1. The molecule has 1 amide bonds. The smallest absolute Gasteiger partial charge is 0.248 e. The van der Waals surface area contributed by atoms with Crippen LogP contribution >= 0.6 is 0 Å². The quantitative estimate of drug-likeness (QED) is 0.697. The third kappa shape index (κ3) is 3.89. The van der Waals surface area contributed by atoms with E-state index in [1.807, 2.05) is 6.92 Å². The van der Waals surface area contributed by atoms with Crippen molar-refractivity contribution in [2.24, 2.45) is 0 Å². The van der Waals surface area contributed by atoms with E-state index < -0.39 is 5.60 Å². The molecule has 6 nitrogen and oxygen atoms in total. The Balaban J connectivity index is 1.75. The minimum atomic E-state index is -0.815. The van der Waals surface area contributed by atoms with Crippen LogP contribution in [0.15, 0.2) is 0 Å². The lowest BCUT2D eigenvalue weighted by Gasteiger charge is -2.39. The molecule has 0 aromatic rings. The fraction of sp³-hybridized carbons (Fsp3) is 0.923. The highest BCUT2D eigenvalue weighted by molar-refractivity contribution is 5.77. The van der Waals surface area contributed by atoms with Crippen molar-refractivity contribution in [2.45, 2.75) is 31.0 Å². The number of ether oxygens (including phenoxy) is 2. The van der Waals surface area contributed by atoms with Crippen molar-refractivity contribution in [3.63, 3.8) is 0 Å². The fourth-order valence-electron chi connectivity index (χ4n) is 2.36. The van der Waals surface area contributed by atoms with Crippen molar-refractivity contribution in [2.75, 3.05) is 46.5 Å². The summed E-state index contributed by atoms with van der Waals surface area (Å²) in [7, 11) is 1.71. The lowest BCUT2D eigenvalue weighted by Crippen LogP contribution is -2.60. The Morgan fingerprint density at radius 1 is 1.42 bits per heavy atom. The molecule has 0 atom stereocenters. The first-order valence-corrected chi connectivity index (χ1v) is 6.81. The molecule has 2 aliphatic rings. The van der Waals surface area contributed by atoms with Gasteiger partial charge in [0, 0.05) is 52.7 Å². The molecule has 2 rings (SSSR count). The first-order valence-electron chi connectivity index (χ1n) is 6.81. The van der Waals surface area contributed by atoms with Crippen LogP contribution in [-0.4, -0.2) is 73.6 Å². The lowest BCUT2D eigenvalue weighted by molar-refractivity contribution is -0.150. The van der Waals surface area contributed by atoms with E-state index >= 15 is 0 Å². The number of hydrogen-bond donors (Lipinski definition) is 2. The van der Waals surface area contributed by atoms with Gasteiger partial charge in [-0.25, -0.2) is 0 Å². The molecular weight excluding hydrogens is 248 g/mol. The third-order valence-electron chi connectivity index (χ3n) is 3.92. The van der Waals surface area contributed by atoms with Crippen LogP contribution < -0.4 is 5.32 Å². The van der Waals surface area contributed by atoms with E-state index in [-0.39, 0.29) is 18.1 Å². The fourth-order valence-corrected chi connectivity index (χ4v) is 2.36. The third-order valence-corrected chi connectivity index (χ3v) is 3.92.